The molecule has 1 N–H and O–H groups in total. The van der Waals surface area contributed by atoms with E-state index in [1.54, 1.807) is 38.3 Å². The van der Waals surface area contributed by atoms with Crippen molar-refractivity contribution in [1.82, 2.24) is 10.5 Å². The van der Waals surface area contributed by atoms with Crippen LogP contribution in [0.4, 0.5) is 4.79 Å². The normalized spacial score (nSPS) is 17.3. The highest BCUT2D eigenvalue weighted by molar-refractivity contribution is 6.03. The Labute approximate surface area is 201 Å². The first kappa shape index (κ1) is 22.5. The van der Waals surface area contributed by atoms with Crippen molar-refractivity contribution in [3.8, 4) is 28.5 Å². The van der Waals surface area contributed by atoms with Gasteiger partial charge in [0, 0.05) is 22.6 Å². The minimum absolute atomic E-state index is 0.506. The number of ether oxygens (including phenoxy) is 3. The van der Waals surface area contributed by atoms with Crippen molar-refractivity contribution in [1.29, 1.82) is 0 Å². The number of aryl methyl sites for hydroxylation is 1. The number of nitrogens with zero attached hydrogens (tertiary/aromatic N) is 1. The molecule has 8 nitrogen and oxygen atoms in total. The number of hydrogen-bond donors (Lipinski definition) is 1. The van der Waals surface area contributed by atoms with Crippen LogP contribution in [0.2, 0.25) is 0 Å². The molecule has 0 aliphatic carbocycles. The van der Waals surface area contributed by atoms with E-state index in [9.17, 15) is 9.59 Å². The van der Waals surface area contributed by atoms with Crippen LogP contribution in [0.3, 0.4) is 0 Å². The Bertz CT molecular complexity index is 1440. The molecule has 0 saturated carbocycles. The van der Waals surface area contributed by atoms with E-state index in [2.05, 4.69) is 23.5 Å². The number of benzene rings is 3. The first-order valence-electron chi connectivity index (χ1n) is 11.3. The topological polar surface area (TPSA) is 99.9 Å². The zero-order valence-corrected chi connectivity index (χ0v) is 19.6. The monoisotopic (exact) mass is 472 g/mol. The second kappa shape index (κ2) is 8.79. The number of carbonyl (C=O) groups is 2. The molecular formula is C27H24N2O6. The molecule has 178 valence electrons. The summed E-state index contributed by atoms with van der Waals surface area (Å²) >= 11 is 0. The Morgan fingerprint density at radius 1 is 1.03 bits per heavy atom. The van der Waals surface area contributed by atoms with Crippen LogP contribution in [0.25, 0.3) is 22.2 Å². The molecule has 35 heavy (non-hydrogen) atoms. The van der Waals surface area contributed by atoms with Gasteiger partial charge in [-0.15, -0.1) is 0 Å². The van der Waals surface area contributed by atoms with Gasteiger partial charge in [-0.25, -0.2) is 4.79 Å². The maximum atomic E-state index is 12.3. The smallest absolute Gasteiger partial charge is 0.415 e. The number of amides is 2. The molecule has 2 amide bonds. The molecule has 2 heterocycles. The van der Waals surface area contributed by atoms with Crippen LogP contribution < -0.4 is 14.8 Å². The predicted molar refractivity (Wildman–Crippen MR) is 128 cm³/mol. The summed E-state index contributed by atoms with van der Waals surface area (Å²) in [4.78, 5) is 23.9. The van der Waals surface area contributed by atoms with Crippen LogP contribution in [0, 0.1) is 0 Å². The van der Waals surface area contributed by atoms with Gasteiger partial charge in [0.15, 0.2) is 5.58 Å². The fourth-order valence-corrected chi connectivity index (χ4v) is 4.19. The van der Waals surface area contributed by atoms with Gasteiger partial charge < -0.3 is 18.7 Å². The quantitative estimate of drug-likeness (QED) is 0.367. The molecule has 4 aromatic rings. The molecular weight excluding hydrogens is 448 g/mol. The van der Waals surface area contributed by atoms with Crippen molar-refractivity contribution < 1.29 is 28.3 Å². The Balaban J connectivity index is 1.47. The van der Waals surface area contributed by atoms with Crippen LogP contribution >= 0.6 is 0 Å². The molecule has 1 atom stereocenters. The van der Waals surface area contributed by atoms with Crippen LogP contribution in [-0.4, -0.2) is 24.3 Å². The van der Waals surface area contributed by atoms with Gasteiger partial charge >= 0.3 is 6.09 Å². The Hall–Kier alpha value is -4.33. The number of rotatable bonds is 7. The van der Waals surface area contributed by atoms with E-state index in [-0.39, 0.29) is 0 Å². The van der Waals surface area contributed by atoms with Crippen LogP contribution in [0.5, 0.6) is 17.2 Å². The lowest BCUT2D eigenvalue weighted by Crippen LogP contribution is -2.33. The molecule has 0 radical (unpaired) electrons. The van der Waals surface area contributed by atoms with Crippen molar-refractivity contribution in [2.45, 2.75) is 32.3 Å². The fourth-order valence-electron chi connectivity index (χ4n) is 4.19. The third-order valence-electron chi connectivity index (χ3n) is 6.09. The van der Waals surface area contributed by atoms with Gasteiger partial charge in [0.1, 0.15) is 22.9 Å². The third kappa shape index (κ3) is 4.07. The second-order valence-electron chi connectivity index (χ2n) is 8.47. The minimum Gasteiger partial charge on any atom is -0.497 e. The fraction of sp³-hybridized carbons (Fsp3) is 0.222. The van der Waals surface area contributed by atoms with Gasteiger partial charge in [0.05, 0.1) is 7.11 Å². The van der Waals surface area contributed by atoms with E-state index >= 15 is 0 Å². The Kier molecular flexibility index (Phi) is 5.64. The molecule has 1 aliphatic rings. The molecule has 1 saturated heterocycles. The van der Waals surface area contributed by atoms with Crippen molar-refractivity contribution in [3.05, 3.63) is 71.8 Å². The SMILES string of the molecule is CCCc1cc(-c2noc3cc(OC)ccc23)ccc1Oc1cccc([C@@]2(C)OC(=O)NC2=O)c1. The maximum absolute atomic E-state index is 12.3. The van der Waals surface area contributed by atoms with Gasteiger partial charge in [-0.2, -0.15) is 0 Å². The summed E-state index contributed by atoms with van der Waals surface area (Å²) in [7, 11) is 1.61. The largest absolute Gasteiger partial charge is 0.497 e. The lowest BCUT2D eigenvalue weighted by molar-refractivity contribution is -0.130. The lowest BCUT2D eigenvalue weighted by atomic mass is 9.95. The standard InChI is InChI=1S/C27H24N2O6/c1-4-6-16-13-17(24-21-11-10-19(32-3)15-23(21)35-29-24)9-12-22(16)33-20-8-5-7-18(14-20)27(2)25(30)28-26(31)34-27/h5,7-15H,4,6H2,1-3H3,(H,28,30,31)/t27-/m1/s1. The highest BCUT2D eigenvalue weighted by Crippen LogP contribution is 2.36. The number of nitrogens with one attached hydrogen (secondary N) is 1. The first-order chi connectivity index (χ1) is 16.9. The van der Waals surface area contributed by atoms with Crippen LogP contribution in [0.1, 0.15) is 31.4 Å². The third-order valence-corrected chi connectivity index (χ3v) is 6.09. The van der Waals surface area contributed by atoms with Gasteiger partial charge in [-0.1, -0.05) is 30.6 Å². The average molecular weight is 472 g/mol. The average Bonchev–Trinajstić information content (AvgIpc) is 3.40. The van der Waals surface area contributed by atoms with Gasteiger partial charge in [0.2, 0.25) is 5.60 Å². The molecule has 0 spiro atoms. The summed E-state index contributed by atoms with van der Waals surface area (Å²) < 4.78 is 22.3. The summed E-state index contributed by atoms with van der Waals surface area (Å²) in [6.07, 6.45) is 0.957. The second-order valence-corrected chi connectivity index (χ2v) is 8.47. The van der Waals surface area contributed by atoms with Gasteiger partial charge in [-0.3, -0.25) is 10.1 Å². The summed E-state index contributed by atoms with van der Waals surface area (Å²) in [6.45, 7) is 3.66. The summed E-state index contributed by atoms with van der Waals surface area (Å²) in [5, 5.41) is 7.36. The van der Waals surface area contributed by atoms with Crippen molar-refractivity contribution in [3.63, 3.8) is 0 Å². The van der Waals surface area contributed by atoms with E-state index in [4.69, 9.17) is 18.7 Å². The van der Waals surface area contributed by atoms with E-state index in [1.165, 1.54) is 0 Å². The summed E-state index contributed by atoms with van der Waals surface area (Å²) in [5.41, 5.74) is 2.45. The van der Waals surface area contributed by atoms with E-state index < -0.39 is 17.6 Å². The van der Waals surface area contributed by atoms with Crippen molar-refractivity contribution in [2.75, 3.05) is 7.11 Å². The number of fused-ring (bicyclic) bond motifs is 1. The lowest BCUT2D eigenvalue weighted by Gasteiger charge is -2.20. The number of imide groups is 1. The molecule has 3 aromatic carbocycles. The molecule has 5 rings (SSSR count). The van der Waals surface area contributed by atoms with Crippen LogP contribution in [0.15, 0.2) is 65.2 Å². The summed E-state index contributed by atoms with van der Waals surface area (Å²) in [6, 6.07) is 18.5. The van der Waals surface area contributed by atoms with Gasteiger partial charge in [0.25, 0.3) is 5.91 Å². The molecule has 0 bridgehead atoms. The van der Waals surface area contributed by atoms with E-state index in [1.807, 2.05) is 30.3 Å². The highest BCUT2D eigenvalue weighted by Gasteiger charge is 2.46. The summed E-state index contributed by atoms with van der Waals surface area (Å²) in [5.74, 6) is 1.42. The molecule has 1 fully saturated rings. The molecule has 1 aliphatic heterocycles. The minimum atomic E-state index is -1.40. The first-order valence-corrected chi connectivity index (χ1v) is 11.3. The zero-order valence-electron chi connectivity index (χ0n) is 19.6. The number of alkyl carbamates (subject to hydrolysis) is 1. The van der Waals surface area contributed by atoms with E-state index in [0.29, 0.717) is 28.4 Å². The maximum Gasteiger partial charge on any atom is 0.415 e. The Morgan fingerprint density at radius 3 is 2.63 bits per heavy atom. The number of carbonyl (C=O) groups excluding carboxylic acids is 2. The number of aromatic nitrogens is 1. The van der Waals surface area contributed by atoms with Gasteiger partial charge in [-0.05, 0) is 61.4 Å². The Morgan fingerprint density at radius 2 is 1.89 bits per heavy atom. The number of cyclic esters (lactones) is 1. The molecule has 8 heteroatoms. The van der Waals surface area contributed by atoms with Crippen LogP contribution in [-0.2, 0) is 21.6 Å². The molecule has 1 aromatic heterocycles. The predicted octanol–water partition coefficient (Wildman–Crippen LogP) is 5.73. The van der Waals surface area contributed by atoms with Crippen molar-refractivity contribution >= 4 is 23.0 Å². The number of hydrogen-bond acceptors (Lipinski definition) is 7. The zero-order chi connectivity index (χ0) is 24.6. The molecule has 0 unspecified atom stereocenters. The van der Waals surface area contributed by atoms with E-state index in [0.717, 1.165) is 35.0 Å². The van der Waals surface area contributed by atoms with Crippen molar-refractivity contribution in [2.24, 2.45) is 0 Å². The number of methoxy groups -OCH3 is 1. The highest BCUT2D eigenvalue weighted by atomic mass is 16.6.